The third kappa shape index (κ3) is 4.27. The van der Waals surface area contributed by atoms with Crippen molar-refractivity contribution in [2.75, 3.05) is 0 Å². The van der Waals surface area contributed by atoms with Crippen LogP contribution < -0.4 is 0 Å². The van der Waals surface area contributed by atoms with Crippen molar-refractivity contribution < 1.29 is 26.3 Å². The van der Waals surface area contributed by atoms with Crippen molar-refractivity contribution in [3.8, 4) is 0 Å². The molecule has 7 heteroatoms. The van der Waals surface area contributed by atoms with Gasteiger partial charge >= 0.3 is 11.8 Å². The minimum Gasteiger partial charge on any atom is -0.167 e. The van der Waals surface area contributed by atoms with E-state index in [1.807, 2.05) is 6.92 Å². The van der Waals surface area contributed by atoms with E-state index in [-0.39, 0.29) is 12.8 Å². The molecular formula is C14H23F6P. The fourth-order valence-electron chi connectivity index (χ4n) is 3.87. The molecule has 0 N–H and O–H groups in total. The van der Waals surface area contributed by atoms with E-state index in [9.17, 15) is 26.3 Å². The zero-order chi connectivity index (χ0) is 16.3. The van der Waals surface area contributed by atoms with Crippen LogP contribution in [0.15, 0.2) is 0 Å². The Morgan fingerprint density at radius 3 is 1.95 bits per heavy atom. The van der Waals surface area contributed by atoms with Crippen molar-refractivity contribution >= 4 is 7.92 Å². The van der Waals surface area contributed by atoms with Crippen LogP contribution >= 0.6 is 7.92 Å². The molecule has 21 heavy (non-hydrogen) atoms. The second-order valence-electron chi connectivity index (χ2n) is 5.86. The summed E-state index contributed by atoms with van der Waals surface area (Å²) in [6.45, 7) is 3.51. The van der Waals surface area contributed by atoms with E-state index in [1.165, 1.54) is 0 Å². The topological polar surface area (TPSA) is 0 Å². The van der Waals surface area contributed by atoms with Crippen molar-refractivity contribution in [1.82, 2.24) is 0 Å². The van der Waals surface area contributed by atoms with Gasteiger partial charge in [0.25, 0.3) is 0 Å². The van der Waals surface area contributed by atoms with Crippen molar-refractivity contribution in [2.45, 2.75) is 82.2 Å². The fourth-order valence-corrected chi connectivity index (χ4v) is 6.62. The van der Waals surface area contributed by atoms with E-state index < -0.39 is 30.8 Å². The van der Waals surface area contributed by atoms with Gasteiger partial charge in [0.1, 0.15) is 7.92 Å². The van der Waals surface area contributed by atoms with E-state index in [2.05, 4.69) is 0 Å². The second-order valence-corrected chi connectivity index (χ2v) is 8.43. The first-order chi connectivity index (χ1) is 9.59. The molecule has 0 aromatic heterocycles. The van der Waals surface area contributed by atoms with E-state index in [0.29, 0.717) is 32.1 Å². The first kappa shape index (κ1) is 19.1. The number of hydrogen-bond acceptors (Lipinski definition) is 0. The van der Waals surface area contributed by atoms with Crippen LogP contribution in [0.25, 0.3) is 0 Å². The Morgan fingerprint density at radius 2 is 1.52 bits per heavy atom. The molecule has 126 valence electrons. The SMILES string of the molecule is CCCC1CCCCC1(CCC)P(C(F)(F)F)C(F)(F)F. The number of alkyl halides is 6. The Kier molecular flexibility index (Phi) is 6.40. The van der Waals surface area contributed by atoms with E-state index in [0.717, 1.165) is 6.42 Å². The Hall–Kier alpha value is 0.01000. The smallest absolute Gasteiger partial charge is 0.167 e. The van der Waals surface area contributed by atoms with Crippen LogP contribution in [0, 0.1) is 5.92 Å². The molecule has 0 heterocycles. The van der Waals surface area contributed by atoms with Crippen LogP contribution in [0.4, 0.5) is 26.3 Å². The molecule has 0 saturated heterocycles. The van der Waals surface area contributed by atoms with Gasteiger partial charge in [-0.3, -0.25) is 0 Å². The minimum absolute atomic E-state index is 0.0301. The van der Waals surface area contributed by atoms with Crippen LogP contribution in [0.2, 0.25) is 0 Å². The summed E-state index contributed by atoms with van der Waals surface area (Å²) in [5, 5.41) is -1.60. The summed E-state index contributed by atoms with van der Waals surface area (Å²) in [5.74, 6) is -10.8. The third-order valence-corrected chi connectivity index (χ3v) is 7.16. The maximum absolute atomic E-state index is 13.3. The molecule has 1 aliphatic rings. The third-order valence-electron chi connectivity index (χ3n) is 4.44. The molecule has 1 aliphatic carbocycles. The number of halogens is 6. The summed E-state index contributed by atoms with van der Waals surface area (Å²) in [6.07, 6.45) is 3.28. The molecule has 0 nitrogen and oxygen atoms in total. The first-order valence-electron chi connectivity index (χ1n) is 7.53. The molecule has 0 aliphatic heterocycles. The molecule has 1 rings (SSSR count). The van der Waals surface area contributed by atoms with Gasteiger partial charge in [-0.05, 0) is 31.6 Å². The Labute approximate surface area is 123 Å². The molecule has 0 aromatic rings. The molecule has 0 aromatic carbocycles. The number of rotatable bonds is 5. The average molecular weight is 336 g/mol. The molecule has 2 atom stereocenters. The van der Waals surface area contributed by atoms with Crippen molar-refractivity contribution in [1.29, 1.82) is 0 Å². The number of hydrogen-bond donors (Lipinski definition) is 0. The molecule has 0 spiro atoms. The van der Waals surface area contributed by atoms with Crippen LogP contribution in [0.3, 0.4) is 0 Å². The predicted octanol–water partition coefficient (Wildman–Crippen LogP) is 7.04. The zero-order valence-electron chi connectivity index (χ0n) is 12.4. The van der Waals surface area contributed by atoms with Gasteiger partial charge in [-0.1, -0.05) is 39.5 Å². The lowest BCUT2D eigenvalue weighted by Gasteiger charge is -2.50. The maximum Gasteiger partial charge on any atom is 0.414 e. The van der Waals surface area contributed by atoms with Gasteiger partial charge in [-0.2, -0.15) is 26.3 Å². The van der Waals surface area contributed by atoms with E-state index in [1.54, 1.807) is 6.92 Å². The zero-order valence-corrected chi connectivity index (χ0v) is 13.3. The quantitative estimate of drug-likeness (QED) is 0.373. The molecule has 0 radical (unpaired) electrons. The lowest BCUT2D eigenvalue weighted by Crippen LogP contribution is -2.45. The molecule has 1 saturated carbocycles. The van der Waals surface area contributed by atoms with E-state index in [4.69, 9.17) is 0 Å². The maximum atomic E-state index is 13.3. The molecular weight excluding hydrogens is 313 g/mol. The van der Waals surface area contributed by atoms with Crippen LogP contribution in [0.1, 0.15) is 65.2 Å². The standard InChI is InChI=1S/C14H23F6P/c1-3-7-11-8-5-6-10-12(11,9-4-2)21(13(15,16)17)14(18,19)20/h11H,3-10H2,1-2H3. The van der Waals surface area contributed by atoms with Gasteiger partial charge in [-0.15, -0.1) is 0 Å². The summed E-state index contributed by atoms with van der Waals surface area (Å²) >= 11 is 0. The Morgan fingerprint density at radius 1 is 0.952 bits per heavy atom. The highest BCUT2D eigenvalue weighted by molar-refractivity contribution is 7.61. The van der Waals surface area contributed by atoms with Gasteiger partial charge in [0.05, 0.1) is 0 Å². The van der Waals surface area contributed by atoms with E-state index >= 15 is 0 Å². The van der Waals surface area contributed by atoms with Gasteiger partial charge in [-0.25, -0.2) is 0 Å². The van der Waals surface area contributed by atoms with Gasteiger partial charge in [0, 0.05) is 5.16 Å². The first-order valence-corrected chi connectivity index (χ1v) is 8.87. The monoisotopic (exact) mass is 336 g/mol. The predicted molar refractivity (Wildman–Crippen MR) is 73.5 cm³/mol. The molecule has 1 fully saturated rings. The van der Waals surface area contributed by atoms with Gasteiger partial charge in [0.2, 0.25) is 0 Å². The largest absolute Gasteiger partial charge is 0.414 e. The summed E-state index contributed by atoms with van der Waals surface area (Å²) in [6, 6.07) is 0. The highest BCUT2D eigenvalue weighted by atomic mass is 31.1. The summed E-state index contributed by atoms with van der Waals surface area (Å²) in [4.78, 5) is 0. The highest BCUT2D eigenvalue weighted by Gasteiger charge is 2.67. The minimum atomic E-state index is -5.16. The van der Waals surface area contributed by atoms with Crippen molar-refractivity contribution in [3.05, 3.63) is 0 Å². The highest BCUT2D eigenvalue weighted by Crippen LogP contribution is 2.76. The fraction of sp³-hybridized carbons (Fsp3) is 1.00. The Balaban J connectivity index is 3.32. The van der Waals surface area contributed by atoms with Gasteiger partial charge in [0.15, 0.2) is 0 Å². The van der Waals surface area contributed by atoms with Crippen LogP contribution in [0.5, 0.6) is 0 Å². The average Bonchev–Trinajstić information content (AvgIpc) is 2.29. The Bertz CT molecular complexity index is 304. The second kappa shape index (κ2) is 7.06. The summed E-state index contributed by atoms with van der Waals surface area (Å²) < 4.78 is 79.7. The lowest BCUT2D eigenvalue weighted by molar-refractivity contribution is -0.0896. The molecule has 2 unspecified atom stereocenters. The van der Waals surface area contributed by atoms with Crippen molar-refractivity contribution in [2.24, 2.45) is 5.92 Å². The van der Waals surface area contributed by atoms with Crippen LogP contribution in [-0.4, -0.2) is 17.0 Å². The van der Waals surface area contributed by atoms with Crippen LogP contribution in [-0.2, 0) is 0 Å². The molecule has 0 bridgehead atoms. The molecule has 0 amide bonds. The van der Waals surface area contributed by atoms with Gasteiger partial charge < -0.3 is 0 Å². The summed E-state index contributed by atoms with van der Waals surface area (Å²) in [7, 11) is -4.00. The summed E-state index contributed by atoms with van der Waals surface area (Å²) in [5.41, 5.74) is 0. The normalized spacial score (nSPS) is 28.1. The lowest BCUT2D eigenvalue weighted by atomic mass is 9.74. The van der Waals surface area contributed by atoms with Crippen molar-refractivity contribution in [3.63, 3.8) is 0 Å².